The van der Waals surface area contributed by atoms with E-state index < -0.39 is 0 Å². The molecule has 0 amide bonds. The molecule has 2 fully saturated rings. The molecule has 7 nitrogen and oxygen atoms in total. The van der Waals surface area contributed by atoms with Crippen molar-refractivity contribution < 1.29 is 0 Å². The van der Waals surface area contributed by atoms with E-state index in [1.807, 2.05) is 19.2 Å². The topological polar surface area (TPSA) is 59.0 Å². The number of anilines is 1. The number of likely N-dealkylation sites (N-methyl/N-ethyl adjacent to an activating group) is 1. The predicted octanol–water partition coefficient (Wildman–Crippen LogP) is 1.51. The van der Waals surface area contributed by atoms with Gasteiger partial charge in [0.2, 0.25) is 0 Å². The van der Waals surface area contributed by atoms with Gasteiger partial charge >= 0.3 is 0 Å². The van der Waals surface area contributed by atoms with Gasteiger partial charge in [-0.15, -0.1) is 0 Å². The molecule has 28 heavy (non-hydrogen) atoms. The summed E-state index contributed by atoms with van der Waals surface area (Å²) in [6.07, 6.45) is 5.25. The zero-order chi connectivity index (χ0) is 19.8. The van der Waals surface area contributed by atoms with E-state index in [2.05, 4.69) is 42.4 Å². The lowest BCUT2D eigenvalue weighted by atomic mass is 10.3. The van der Waals surface area contributed by atoms with Crippen LogP contribution < -0.4 is 15.5 Å². The summed E-state index contributed by atoms with van der Waals surface area (Å²) in [5.41, 5.74) is 0. The molecule has 0 saturated carbocycles. The van der Waals surface area contributed by atoms with E-state index in [-0.39, 0.29) is 0 Å². The highest BCUT2D eigenvalue weighted by Crippen LogP contribution is 2.25. The molecule has 8 heteroatoms. The summed E-state index contributed by atoms with van der Waals surface area (Å²) in [4.78, 5) is 16.1. The Balaban J connectivity index is 1.36. The fourth-order valence-electron chi connectivity index (χ4n) is 3.90. The van der Waals surface area contributed by atoms with Crippen LogP contribution in [0.15, 0.2) is 23.3 Å². The van der Waals surface area contributed by atoms with E-state index in [0.717, 1.165) is 50.8 Å². The summed E-state index contributed by atoms with van der Waals surface area (Å²) in [5, 5.41) is 7.73. The van der Waals surface area contributed by atoms with Gasteiger partial charge in [0.15, 0.2) is 5.96 Å². The first kappa shape index (κ1) is 21.1. The van der Waals surface area contributed by atoms with Gasteiger partial charge in [0, 0.05) is 52.0 Å². The van der Waals surface area contributed by atoms with E-state index in [0.29, 0.717) is 11.1 Å². The van der Waals surface area contributed by atoms with Crippen molar-refractivity contribution in [2.24, 2.45) is 4.99 Å². The van der Waals surface area contributed by atoms with E-state index in [4.69, 9.17) is 11.6 Å². The molecule has 2 saturated heterocycles. The van der Waals surface area contributed by atoms with Crippen molar-refractivity contribution in [1.82, 2.24) is 25.4 Å². The number of nitrogens with zero attached hydrogens (tertiary/aromatic N) is 5. The predicted molar refractivity (Wildman–Crippen MR) is 118 cm³/mol. The molecule has 0 aliphatic carbocycles. The average Bonchev–Trinajstić information content (AvgIpc) is 3.06. The molecule has 2 aliphatic rings. The number of guanidine groups is 1. The Bertz CT molecular complexity index is 639. The highest BCUT2D eigenvalue weighted by molar-refractivity contribution is 6.32. The quantitative estimate of drug-likeness (QED) is 0.423. The van der Waals surface area contributed by atoms with Crippen molar-refractivity contribution in [3.8, 4) is 0 Å². The van der Waals surface area contributed by atoms with Gasteiger partial charge in [0.1, 0.15) is 5.82 Å². The first-order valence-electron chi connectivity index (χ1n) is 10.4. The SMILES string of the molecule is CN=C(NCCCN1CCCN(C)CC1)NC1CCN(c2ncccc2Cl)C1. The van der Waals surface area contributed by atoms with Crippen molar-refractivity contribution in [2.75, 3.05) is 71.4 Å². The Morgan fingerprint density at radius 2 is 2.18 bits per heavy atom. The first-order valence-corrected chi connectivity index (χ1v) is 10.8. The molecule has 0 aromatic carbocycles. The first-order chi connectivity index (χ1) is 13.7. The van der Waals surface area contributed by atoms with Gasteiger partial charge in [0.25, 0.3) is 0 Å². The fraction of sp³-hybridized carbons (Fsp3) is 0.700. The van der Waals surface area contributed by atoms with E-state index in [1.165, 1.54) is 32.6 Å². The highest BCUT2D eigenvalue weighted by atomic mass is 35.5. The molecule has 0 radical (unpaired) electrons. The lowest BCUT2D eigenvalue weighted by Gasteiger charge is -2.22. The minimum atomic E-state index is 0.352. The van der Waals surface area contributed by atoms with Crippen molar-refractivity contribution in [1.29, 1.82) is 0 Å². The lowest BCUT2D eigenvalue weighted by Crippen LogP contribution is -2.45. The summed E-state index contributed by atoms with van der Waals surface area (Å²) in [6.45, 7) is 8.71. The number of nitrogens with one attached hydrogen (secondary N) is 2. The molecule has 1 aromatic rings. The number of halogens is 1. The fourth-order valence-corrected chi connectivity index (χ4v) is 4.14. The second kappa shape index (κ2) is 10.8. The van der Waals surface area contributed by atoms with Crippen LogP contribution in [-0.4, -0.2) is 93.2 Å². The highest BCUT2D eigenvalue weighted by Gasteiger charge is 2.25. The Morgan fingerprint density at radius 1 is 1.29 bits per heavy atom. The summed E-state index contributed by atoms with van der Waals surface area (Å²) in [6, 6.07) is 4.12. The Morgan fingerprint density at radius 3 is 3.00 bits per heavy atom. The summed E-state index contributed by atoms with van der Waals surface area (Å²) in [5.74, 6) is 1.76. The maximum absolute atomic E-state index is 6.28. The number of aliphatic imine (C=N–C) groups is 1. The normalized spacial score (nSPS) is 22.3. The molecular formula is C20H34ClN7. The number of hydrogen-bond acceptors (Lipinski definition) is 5. The average molecular weight is 408 g/mol. The monoisotopic (exact) mass is 407 g/mol. The van der Waals surface area contributed by atoms with Crippen molar-refractivity contribution in [2.45, 2.75) is 25.3 Å². The lowest BCUT2D eigenvalue weighted by molar-refractivity contribution is 0.274. The molecule has 156 valence electrons. The molecule has 2 N–H and O–H groups in total. The zero-order valence-electron chi connectivity index (χ0n) is 17.2. The minimum absolute atomic E-state index is 0.352. The van der Waals surface area contributed by atoms with Crippen LogP contribution in [0.3, 0.4) is 0 Å². The Hall–Kier alpha value is -1.57. The third-order valence-corrected chi connectivity index (χ3v) is 5.84. The minimum Gasteiger partial charge on any atom is -0.356 e. The second-order valence-corrected chi connectivity index (χ2v) is 8.14. The van der Waals surface area contributed by atoms with Crippen LogP contribution in [0.4, 0.5) is 5.82 Å². The summed E-state index contributed by atoms with van der Waals surface area (Å²) >= 11 is 6.28. The molecule has 0 bridgehead atoms. The van der Waals surface area contributed by atoms with Gasteiger partial charge in [-0.1, -0.05) is 11.6 Å². The second-order valence-electron chi connectivity index (χ2n) is 7.74. The molecule has 3 heterocycles. The van der Waals surface area contributed by atoms with Crippen LogP contribution in [0.2, 0.25) is 5.02 Å². The van der Waals surface area contributed by atoms with Crippen LogP contribution >= 0.6 is 11.6 Å². The van der Waals surface area contributed by atoms with Gasteiger partial charge in [-0.3, -0.25) is 4.99 Å². The molecule has 2 aliphatic heterocycles. The van der Waals surface area contributed by atoms with Crippen LogP contribution in [0.1, 0.15) is 19.3 Å². The van der Waals surface area contributed by atoms with Crippen molar-refractivity contribution in [3.63, 3.8) is 0 Å². The maximum Gasteiger partial charge on any atom is 0.191 e. The van der Waals surface area contributed by atoms with E-state index in [1.54, 1.807) is 6.20 Å². The maximum atomic E-state index is 6.28. The molecule has 1 unspecified atom stereocenters. The number of pyridine rings is 1. The third kappa shape index (κ3) is 6.22. The Kier molecular flexibility index (Phi) is 8.18. The zero-order valence-corrected chi connectivity index (χ0v) is 18.0. The smallest absolute Gasteiger partial charge is 0.191 e. The van der Waals surface area contributed by atoms with Crippen LogP contribution in [0, 0.1) is 0 Å². The molecule has 3 rings (SSSR count). The molecule has 0 spiro atoms. The number of rotatable bonds is 6. The Labute approximate surface area is 174 Å². The molecular weight excluding hydrogens is 374 g/mol. The van der Waals surface area contributed by atoms with Crippen LogP contribution in [-0.2, 0) is 0 Å². The van der Waals surface area contributed by atoms with E-state index in [9.17, 15) is 0 Å². The van der Waals surface area contributed by atoms with Gasteiger partial charge < -0.3 is 25.3 Å². The molecule has 1 aromatic heterocycles. The van der Waals surface area contributed by atoms with Gasteiger partial charge in [-0.25, -0.2) is 4.98 Å². The van der Waals surface area contributed by atoms with Crippen LogP contribution in [0.5, 0.6) is 0 Å². The number of hydrogen-bond donors (Lipinski definition) is 2. The summed E-state index contributed by atoms with van der Waals surface area (Å²) in [7, 11) is 4.05. The third-order valence-electron chi connectivity index (χ3n) is 5.55. The van der Waals surface area contributed by atoms with Gasteiger partial charge in [-0.05, 0) is 58.1 Å². The van der Waals surface area contributed by atoms with E-state index >= 15 is 0 Å². The standard InChI is InChI=1S/C20H34ClN7/c1-22-20(24-9-4-11-27-12-5-10-26(2)14-15-27)25-17-7-13-28(16-17)19-18(21)6-3-8-23-19/h3,6,8,17H,4-5,7,9-16H2,1-2H3,(H2,22,24,25). The largest absolute Gasteiger partial charge is 0.356 e. The van der Waals surface area contributed by atoms with Crippen molar-refractivity contribution in [3.05, 3.63) is 23.4 Å². The van der Waals surface area contributed by atoms with Gasteiger partial charge in [0.05, 0.1) is 5.02 Å². The summed E-state index contributed by atoms with van der Waals surface area (Å²) < 4.78 is 0. The van der Waals surface area contributed by atoms with Gasteiger partial charge in [-0.2, -0.15) is 0 Å². The molecule has 1 atom stereocenters. The van der Waals surface area contributed by atoms with Crippen molar-refractivity contribution >= 4 is 23.4 Å². The number of aromatic nitrogens is 1. The van der Waals surface area contributed by atoms with Crippen LogP contribution in [0.25, 0.3) is 0 Å².